The van der Waals surface area contributed by atoms with E-state index in [1.165, 1.54) is 11.6 Å². The number of ketones is 1. The van der Waals surface area contributed by atoms with Crippen molar-refractivity contribution in [3.63, 3.8) is 0 Å². The highest BCUT2D eigenvalue weighted by atomic mass is 35.5. The van der Waals surface area contributed by atoms with Crippen molar-refractivity contribution in [1.29, 1.82) is 0 Å². The van der Waals surface area contributed by atoms with Gasteiger partial charge in [0.05, 0.1) is 17.2 Å². The lowest BCUT2D eigenvalue weighted by molar-refractivity contribution is 0.0953. The molecule has 0 saturated heterocycles. The molecular formula is C22H16ClN3O3. The quantitative estimate of drug-likeness (QED) is 0.625. The smallest absolute Gasteiger partial charge is 0.293 e. The number of carbonyl (C=O) groups excluding carboxylic acids is 1. The van der Waals surface area contributed by atoms with Gasteiger partial charge in [0.2, 0.25) is 0 Å². The Kier molecular flexibility index (Phi) is 3.76. The van der Waals surface area contributed by atoms with E-state index in [4.69, 9.17) is 11.6 Å². The van der Waals surface area contributed by atoms with Crippen LogP contribution in [0.4, 0.5) is 5.82 Å². The summed E-state index contributed by atoms with van der Waals surface area (Å²) in [4.78, 5) is 43.7. The Morgan fingerprint density at radius 2 is 1.62 bits per heavy atom. The van der Waals surface area contributed by atoms with E-state index in [9.17, 15) is 14.4 Å². The first-order chi connectivity index (χ1) is 13.9. The maximum absolute atomic E-state index is 13.4. The summed E-state index contributed by atoms with van der Waals surface area (Å²) in [6, 6.07) is 14.4. The number of fused-ring (bicyclic) bond motifs is 4. The summed E-state index contributed by atoms with van der Waals surface area (Å²) < 4.78 is 2.42. The third-order valence-electron chi connectivity index (χ3n) is 5.79. The molecule has 1 aliphatic carbocycles. The third-order valence-corrected chi connectivity index (χ3v) is 6.03. The molecule has 2 unspecified atom stereocenters. The molecule has 29 heavy (non-hydrogen) atoms. The summed E-state index contributed by atoms with van der Waals surface area (Å²) in [5.74, 6) is -1.00. The molecule has 1 aromatic heterocycles. The minimum absolute atomic E-state index is 0.0779. The first-order valence-electron chi connectivity index (χ1n) is 9.17. The first kappa shape index (κ1) is 17.8. The molecule has 0 radical (unpaired) electrons. The zero-order valence-corrected chi connectivity index (χ0v) is 16.5. The van der Waals surface area contributed by atoms with Crippen LogP contribution in [0.1, 0.15) is 33.0 Å². The highest BCUT2D eigenvalue weighted by Crippen LogP contribution is 2.46. The predicted octanol–water partition coefficient (Wildman–Crippen LogP) is 2.82. The Morgan fingerprint density at radius 3 is 2.34 bits per heavy atom. The van der Waals surface area contributed by atoms with Crippen LogP contribution >= 0.6 is 11.6 Å². The lowest BCUT2D eigenvalue weighted by Gasteiger charge is -2.30. The number of aromatic nitrogens is 2. The monoisotopic (exact) mass is 405 g/mol. The minimum Gasteiger partial charge on any atom is -0.293 e. The SMILES string of the molecule is Cn1c2c(c(=O)n(C)c1=O)C(c1cccc(Cl)c1)C1C(=O)c3ccccc3C1=N2. The number of Topliss-reactive ketones (excluding diaryl/α,β-unsaturated/α-hetero) is 1. The van der Waals surface area contributed by atoms with E-state index in [1.54, 1.807) is 31.3 Å². The zero-order valence-electron chi connectivity index (χ0n) is 15.7. The number of aliphatic imine (C=N–C) groups is 1. The van der Waals surface area contributed by atoms with Crippen LogP contribution in [-0.4, -0.2) is 20.6 Å². The van der Waals surface area contributed by atoms with Gasteiger partial charge in [-0.3, -0.25) is 18.7 Å². The van der Waals surface area contributed by atoms with Crippen molar-refractivity contribution in [2.45, 2.75) is 5.92 Å². The lowest BCUT2D eigenvalue weighted by atomic mass is 9.76. The molecule has 0 N–H and O–H groups in total. The number of rotatable bonds is 1. The molecule has 7 heteroatoms. The van der Waals surface area contributed by atoms with Gasteiger partial charge in [0.25, 0.3) is 5.56 Å². The van der Waals surface area contributed by atoms with Crippen LogP contribution in [0.25, 0.3) is 0 Å². The maximum Gasteiger partial charge on any atom is 0.332 e. The first-order valence-corrected chi connectivity index (χ1v) is 9.55. The van der Waals surface area contributed by atoms with Gasteiger partial charge in [-0.1, -0.05) is 48.0 Å². The molecule has 0 fully saturated rings. The standard InChI is InChI=1S/C22H16ClN3O3/c1-25-20-17(21(28)26(2)22(25)29)15(11-6-5-7-12(23)10-11)16-18(24-20)13-8-3-4-9-14(13)19(16)27/h3-10,15-16H,1-2H3. The van der Waals surface area contributed by atoms with Gasteiger partial charge < -0.3 is 0 Å². The number of nitrogens with zero attached hydrogens (tertiary/aromatic N) is 3. The molecule has 0 amide bonds. The van der Waals surface area contributed by atoms with E-state index in [0.717, 1.165) is 15.7 Å². The molecule has 0 bridgehead atoms. The molecule has 2 heterocycles. The summed E-state index contributed by atoms with van der Waals surface area (Å²) >= 11 is 6.23. The van der Waals surface area contributed by atoms with Crippen molar-refractivity contribution < 1.29 is 4.79 Å². The van der Waals surface area contributed by atoms with E-state index in [0.29, 0.717) is 27.7 Å². The Morgan fingerprint density at radius 1 is 0.897 bits per heavy atom. The summed E-state index contributed by atoms with van der Waals surface area (Å²) in [5.41, 5.74) is 2.09. The molecule has 1 aliphatic heterocycles. The second-order valence-electron chi connectivity index (χ2n) is 7.36. The molecule has 2 atom stereocenters. The van der Waals surface area contributed by atoms with Crippen LogP contribution in [0.5, 0.6) is 0 Å². The van der Waals surface area contributed by atoms with Gasteiger partial charge in [-0.2, -0.15) is 0 Å². The fourth-order valence-electron chi connectivity index (χ4n) is 4.43. The van der Waals surface area contributed by atoms with Crippen molar-refractivity contribution in [2.24, 2.45) is 25.0 Å². The van der Waals surface area contributed by atoms with Gasteiger partial charge in [-0.15, -0.1) is 0 Å². The van der Waals surface area contributed by atoms with Crippen LogP contribution < -0.4 is 11.2 Å². The van der Waals surface area contributed by atoms with Crippen LogP contribution in [0, 0.1) is 5.92 Å². The Balaban J connectivity index is 1.92. The Bertz CT molecular complexity index is 1370. The average molecular weight is 406 g/mol. The van der Waals surface area contributed by atoms with Gasteiger partial charge in [0.15, 0.2) is 5.78 Å². The van der Waals surface area contributed by atoms with E-state index < -0.39 is 23.1 Å². The molecule has 144 valence electrons. The van der Waals surface area contributed by atoms with Crippen molar-refractivity contribution >= 4 is 28.9 Å². The van der Waals surface area contributed by atoms with E-state index in [1.807, 2.05) is 24.3 Å². The van der Waals surface area contributed by atoms with Crippen molar-refractivity contribution in [3.8, 4) is 0 Å². The summed E-state index contributed by atoms with van der Waals surface area (Å²) in [6.07, 6.45) is 0. The average Bonchev–Trinajstić information content (AvgIpc) is 3.01. The summed E-state index contributed by atoms with van der Waals surface area (Å²) in [7, 11) is 3.02. The minimum atomic E-state index is -0.636. The van der Waals surface area contributed by atoms with Crippen molar-refractivity contribution in [1.82, 2.24) is 9.13 Å². The normalized spacial score (nSPS) is 19.4. The van der Waals surface area contributed by atoms with Crippen LogP contribution in [-0.2, 0) is 14.1 Å². The fraction of sp³-hybridized carbons (Fsp3) is 0.182. The van der Waals surface area contributed by atoms with Crippen molar-refractivity contribution in [2.75, 3.05) is 0 Å². The number of benzene rings is 2. The number of halogens is 1. The van der Waals surface area contributed by atoms with E-state index in [-0.39, 0.29) is 5.78 Å². The summed E-state index contributed by atoms with van der Waals surface area (Å²) in [6.45, 7) is 0. The Hall–Kier alpha value is -3.25. The second-order valence-corrected chi connectivity index (χ2v) is 7.80. The van der Waals surface area contributed by atoms with Crippen LogP contribution in [0.15, 0.2) is 63.1 Å². The second kappa shape index (κ2) is 6.12. The number of carbonyl (C=O) groups is 1. The molecular weight excluding hydrogens is 390 g/mol. The van der Waals surface area contributed by atoms with Gasteiger partial charge in [-0.25, -0.2) is 9.79 Å². The third kappa shape index (κ3) is 2.36. The number of hydrogen-bond donors (Lipinski definition) is 0. The van der Waals surface area contributed by atoms with Gasteiger partial charge in [0, 0.05) is 36.2 Å². The lowest BCUT2D eigenvalue weighted by Crippen LogP contribution is -2.43. The highest BCUT2D eigenvalue weighted by Gasteiger charge is 2.47. The van der Waals surface area contributed by atoms with E-state index in [2.05, 4.69) is 4.99 Å². The molecule has 2 aromatic carbocycles. The zero-order chi connectivity index (χ0) is 20.4. The Labute approximate surface area is 170 Å². The molecule has 5 rings (SSSR count). The van der Waals surface area contributed by atoms with Crippen LogP contribution in [0.3, 0.4) is 0 Å². The van der Waals surface area contributed by atoms with Crippen molar-refractivity contribution in [3.05, 3.63) is 96.6 Å². The molecule has 3 aromatic rings. The fourth-order valence-corrected chi connectivity index (χ4v) is 4.63. The van der Waals surface area contributed by atoms with E-state index >= 15 is 0 Å². The number of hydrogen-bond acceptors (Lipinski definition) is 4. The molecule has 6 nitrogen and oxygen atoms in total. The highest BCUT2D eigenvalue weighted by molar-refractivity contribution is 6.31. The molecule has 0 spiro atoms. The summed E-state index contributed by atoms with van der Waals surface area (Å²) in [5, 5.41) is 0.512. The van der Waals surface area contributed by atoms with Gasteiger partial charge in [0.1, 0.15) is 5.82 Å². The van der Waals surface area contributed by atoms with Gasteiger partial charge >= 0.3 is 5.69 Å². The van der Waals surface area contributed by atoms with Gasteiger partial charge in [-0.05, 0) is 17.7 Å². The molecule has 2 aliphatic rings. The molecule has 0 saturated carbocycles. The largest absolute Gasteiger partial charge is 0.332 e. The topological polar surface area (TPSA) is 73.4 Å². The predicted molar refractivity (Wildman–Crippen MR) is 111 cm³/mol. The van der Waals surface area contributed by atoms with Crippen LogP contribution in [0.2, 0.25) is 5.02 Å². The maximum atomic E-state index is 13.4.